The highest BCUT2D eigenvalue weighted by Crippen LogP contribution is 2.41. The molecule has 0 saturated carbocycles. The zero-order chi connectivity index (χ0) is 26.4. The van der Waals surface area contributed by atoms with E-state index in [4.69, 9.17) is 9.84 Å². The summed E-state index contributed by atoms with van der Waals surface area (Å²) in [6, 6.07) is 11.1. The van der Waals surface area contributed by atoms with Gasteiger partial charge in [-0.3, -0.25) is 9.59 Å². The van der Waals surface area contributed by atoms with E-state index >= 15 is 0 Å². The summed E-state index contributed by atoms with van der Waals surface area (Å²) in [6.45, 7) is 13.9. The third kappa shape index (κ3) is 6.23. The molecule has 2 aromatic carbocycles. The largest absolute Gasteiger partial charge is 0.490 e. The van der Waals surface area contributed by atoms with Crippen LogP contribution in [0.1, 0.15) is 92.9 Å². The van der Waals surface area contributed by atoms with E-state index in [0.717, 1.165) is 35.3 Å². The number of benzene rings is 2. The van der Waals surface area contributed by atoms with Gasteiger partial charge in [-0.05, 0) is 80.8 Å². The maximum Gasteiger partial charge on any atom is 0.325 e. The minimum atomic E-state index is -1.07. The number of aryl methyl sites for hydroxylation is 2. The highest BCUT2D eigenvalue weighted by atomic mass is 16.5. The number of aliphatic hydroxyl groups is 1. The van der Waals surface area contributed by atoms with E-state index in [9.17, 15) is 14.7 Å². The number of hydrogen-bond donors (Lipinski definition) is 3. The lowest BCUT2D eigenvalue weighted by atomic mass is 9.70. The summed E-state index contributed by atoms with van der Waals surface area (Å²) in [5.41, 5.74) is 3.51. The molecule has 1 unspecified atom stereocenters. The van der Waals surface area contributed by atoms with Crippen molar-refractivity contribution in [3.8, 4) is 5.75 Å². The van der Waals surface area contributed by atoms with Gasteiger partial charge in [0.15, 0.2) is 0 Å². The summed E-state index contributed by atoms with van der Waals surface area (Å²) in [7, 11) is 0. The van der Waals surface area contributed by atoms with Crippen molar-refractivity contribution in [1.82, 2.24) is 5.32 Å². The molecule has 0 aliphatic carbocycles. The van der Waals surface area contributed by atoms with Crippen LogP contribution in [-0.2, 0) is 10.2 Å². The topological polar surface area (TPSA) is 95.9 Å². The van der Waals surface area contributed by atoms with Crippen LogP contribution in [0.3, 0.4) is 0 Å². The summed E-state index contributed by atoms with van der Waals surface area (Å²) in [6.07, 6.45) is 3.02. The first-order chi connectivity index (χ1) is 16.5. The maximum absolute atomic E-state index is 12.6. The van der Waals surface area contributed by atoms with Gasteiger partial charge in [-0.25, -0.2) is 0 Å². The Bertz CT molecular complexity index is 1040. The van der Waals surface area contributed by atoms with Crippen LogP contribution in [0.5, 0.6) is 5.75 Å². The number of hydrogen-bond acceptors (Lipinski definition) is 4. The second-order valence-electron chi connectivity index (χ2n) is 9.55. The lowest BCUT2D eigenvalue weighted by Crippen LogP contribution is -2.38. The Balaban J connectivity index is 2.38. The van der Waals surface area contributed by atoms with E-state index in [1.54, 1.807) is 6.07 Å². The Hall–Kier alpha value is -2.86. The van der Waals surface area contributed by atoms with Crippen molar-refractivity contribution < 1.29 is 24.5 Å². The average molecular weight is 484 g/mol. The molecule has 2 rings (SSSR count). The van der Waals surface area contributed by atoms with Crippen molar-refractivity contribution in [2.24, 2.45) is 0 Å². The van der Waals surface area contributed by atoms with E-state index in [0.29, 0.717) is 18.4 Å². The molecule has 0 fully saturated rings. The number of amides is 1. The fourth-order valence-corrected chi connectivity index (χ4v) is 4.56. The third-order valence-electron chi connectivity index (χ3n) is 7.49. The number of carbonyl (C=O) groups is 2. The third-order valence-corrected chi connectivity index (χ3v) is 7.49. The lowest BCUT2D eigenvalue weighted by Gasteiger charge is -2.34. The van der Waals surface area contributed by atoms with Crippen molar-refractivity contribution in [1.29, 1.82) is 0 Å². The predicted molar refractivity (Wildman–Crippen MR) is 139 cm³/mol. The number of nitrogens with one attached hydrogen (secondary N) is 1. The Morgan fingerprint density at radius 1 is 0.914 bits per heavy atom. The Morgan fingerprint density at radius 3 is 1.91 bits per heavy atom. The molecule has 1 amide bonds. The normalized spacial score (nSPS) is 12.8. The fourth-order valence-electron chi connectivity index (χ4n) is 4.56. The van der Waals surface area contributed by atoms with Crippen molar-refractivity contribution >= 4 is 11.9 Å². The van der Waals surface area contributed by atoms with Crippen molar-refractivity contribution in [3.05, 3.63) is 64.2 Å². The number of aliphatic carboxylic acids is 1. The highest BCUT2D eigenvalue weighted by Gasteiger charge is 2.32. The Kier molecular flexibility index (Phi) is 9.50. The minimum Gasteiger partial charge on any atom is -0.490 e. The smallest absolute Gasteiger partial charge is 0.325 e. The molecule has 0 aromatic heterocycles. The van der Waals surface area contributed by atoms with Crippen LogP contribution in [0.25, 0.3) is 0 Å². The SMILES string of the molecule is CCC(O)(CC)COc1ccc(C(CC)(CC)c2ccc(C(=O)NC(C)C(=O)O)c(C)c2)cc1C. The predicted octanol–water partition coefficient (Wildman–Crippen LogP) is 5.54. The zero-order valence-electron chi connectivity index (χ0n) is 22.2. The zero-order valence-corrected chi connectivity index (χ0v) is 22.2. The van der Waals surface area contributed by atoms with Crippen LogP contribution in [0.2, 0.25) is 0 Å². The molecule has 192 valence electrons. The van der Waals surface area contributed by atoms with Crippen LogP contribution >= 0.6 is 0 Å². The average Bonchev–Trinajstić information content (AvgIpc) is 2.84. The molecule has 6 heteroatoms. The van der Waals surface area contributed by atoms with Gasteiger partial charge >= 0.3 is 5.97 Å². The molecular formula is C29H41NO5. The first-order valence-electron chi connectivity index (χ1n) is 12.6. The Labute approximate surface area is 209 Å². The van der Waals surface area contributed by atoms with Crippen LogP contribution in [0.4, 0.5) is 0 Å². The molecule has 3 N–H and O–H groups in total. The van der Waals surface area contributed by atoms with Gasteiger partial charge in [-0.15, -0.1) is 0 Å². The van der Waals surface area contributed by atoms with Gasteiger partial charge < -0.3 is 20.3 Å². The van der Waals surface area contributed by atoms with Gasteiger partial charge in [-0.1, -0.05) is 52.0 Å². The molecule has 0 radical (unpaired) electrons. The molecule has 0 spiro atoms. The molecule has 6 nitrogen and oxygen atoms in total. The second-order valence-corrected chi connectivity index (χ2v) is 9.55. The lowest BCUT2D eigenvalue weighted by molar-refractivity contribution is -0.138. The quantitative estimate of drug-likeness (QED) is 0.368. The summed E-state index contributed by atoms with van der Waals surface area (Å²) in [4.78, 5) is 23.7. The summed E-state index contributed by atoms with van der Waals surface area (Å²) in [5, 5.41) is 22.2. The van der Waals surface area contributed by atoms with E-state index < -0.39 is 17.6 Å². The number of carboxylic acid groups (broad SMARTS) is 1. The van der Waals surface area contributed by atoms with Crippen molar-refractivity contribution in [2.45, 2.75) is 91.2 Å². The van der Waals surface area contributed by atoms with Crippen LogP contribution in [0.15, 0.2) is 36.4 Å². The van der Waals surface area contributed by atoms with Gasteiger partial charge in [0, 0.05) is 11.0 Å². The molecule has 0 bridgehead atoms. The number of rotatable bonds is 12. The number of carboxylic acids is 1. The van der Waals surface area contributed by atoms with Gasteiger partial charge in [0.1, 0.15) is 18.4 Å². The molecule has 0 heterocycles. The minimum absolute atomic E-state index is 0.245. The molecular weight excluding hydrogens is 442 g/mol. The van der Waals surface area contributed by atoms with Crippen LogP contribution < -0.4 is 10.1 Å². The summed E-state index contributed by atoms with van der Waals surface area (Å²) in [5.74, 6) is -0.689. The molecule has 0 aliphatic heterocycles. The van der Waals surface area contributed by atoms with E-state index in [1.165, 1.54) is 12.5 Å². The summed E-state index contributed by atoms with van der Waals surface area (Å²) < 4.78 is 6.00. The van der Waals surface area contributed by atoms with Gasteiger partial charge in [-0.2, -0.15) is 0 Å². The summed E-state index contributed by atoms with van der Waals surface area (Å²) >= 11 is 0. The first-order valence-corrected chi connectivity index (χ1v) is 12.6. The maximum atomic E-state index is 12.6. The second kappa shape index (κ2) is 11.7. The molecule has 2 aromatic rings. The fraction of sp³-hybridized carbons (Fsp3) is 0.517. The van der Waals surface area contributed by atoms with Gasteiger partial charge in [0.05, 0.1) is 5.60 Å². The number of carbonyl (C=O) groups excluding carboxylic acids is 1. The Morgan fingerprint density at radius 2 is 1.46 bits per heavy atom. The van der Waals surface area contributed by atoms with Crippen molar-refractivity contribution in [2.75, 3.05) is 6.61 Å². The highest BCUT2D eigenvalue weighted by molar-refractivity contribution is 5.97. The van der Waals surface area contributed by atoms with Crippen molar-refractivity contribution in [3.63, 3.8) is 0 Å². The van der Waals surface area contributed by atoms with Crippen LogP contribution in [-0.4, -0.2) is 40.3 Å². The molecule has 0 saturated heterocycles. The van der Waals surface area contributed by atoms with E-state index in [1.807, 2.05) is 45.9 Å². The molecule has 0 aliphatic rings. The van der Waals surface area contributed by atoms with Gasteiger partial charge in [0.2, 0.25) is 0 Å². The van der Waals surface area contributed by atoms with Crippen LogP contribution in [0, 0.1) is 13.8 Å². The van der Waals surface area contributed by atoms with E-state index in [-0.39, 0.29) is 17.9 Å². The first kappa shape index (κ1) is 28.4. The molecule has 1 atom stereocenters. The monoisotopic (exact) mass is 483 g/mol. The standard InChI is InChI=1S/C29H41NO5/c1-8-28(34,9-2)18-35-25-15-13-23(17-20(25)6)29(10-3,11-4)22-12-14-24(19(5)16-22)26(31)30-21(7)27(32)33/h12-17,21,34H,8-11,18H2,1-7H3,(H,30,31)(H,32,33). The molecule has 35 heavy (non-hydrogen) atoms. The van der Waals surface area contributed by atoms with Gasteiger partial charge in [0.25, 0.3) is 5.91 Å². The van der Waals surface area contributed by atoms with E-state index in [2.05, 4.69) is 31.3 Å². The number of ether oxygens (including phenoxy) is 1.